The molecule has 0 aliphatic carbocycles. The largest absolute Gasteiger partial charge is 0.356 e. The molecule has 0 amide bonds. The van der Waals surface area contributed by atoms with Crippen molar-refractivity contribution < 1.29 is 9.76 Å². The van der Waals surface area contributed by atoms with Gasteiger partial charge < -0.3 is 4.84 Å². The first kappa shape index (κ1) is 14.2. The smallest absolute Gasteiger partial charge is 0.273 e. The Bertz CT molecular complexity index is 654. The standard InChI is InChI=1S/C14H11BrN2O3/c1-10(11-5-7-12(15)8-6-11)16-20-14-4-2-3-13(9-14)17(18)19/h2-9H,1H3. The maximum atomic E-state index is 10.7. The van der Waals surface area contributed by atoms with Crippen molar-refractivity contribution in [3.05, 3.63) is 68.7 Å². The molecular weight excluding hydrogens is 324 g/mol. The highest BCUT2D eigenvalue weighted by Gasteiger charge is 2.06. The highest BCUT2D eigenvalue weighted by atomic mass is 79.9. The van der Waals surface area contributed by atoms with Crippen LogP contribution in [0.15, 0.2) is 58.2 Å². The predicted octanol–water partition coefficient (Wildman–Crippen LogP) is 4.16. The minimum atomic E-state index is -0.474. The van der Waals surface area contributed by atoms with Gasteiger partial charge in [-0.05, 0) is 30.7 Å². The van der Waals surface area contributed by atoms with E-state index in [4.69, 9.17) is 4.84 Å². The van der Waals surface area contributed by atoms with Gasteiger partial charge in [-0.2, -0.15) is 0 Å². The van der Waals surface area contributed by atoms with Crippen LogP contribution in [0, 0.1) is 10.1 Å². The molecule has 0 spiro atoms. The van der Waals surface area contributed by atoms with E-state index in [2.05, 4.69) is 21.1 Å². The molecule has 0 unspecified atom stereocenters. The van der Waals surface area contributed by atoms with Crippen molar-refractivity contribution in [1.82, 2.24) is 0 Å². The number of halogens is 1. The van der Waals surface area contributed by atoms with Crippen LogP contribution in [-0.2, 0) is 0 Å². The first-order valence-corrected chi connectivity index (χ1v) is 6.57. The number of nitro benzene ring substituents is 1. The van der Waals surface area contributed by atoms with E-state index in [-0.39, 0.29) is 5.69 Å². The molecule has 0 aliphatic rings. The summed E-state index contributed by atoms with van der Waals surface area (Å²) in [7, 11) is 0. The number of non-ortho nitro benzene ring substituents is 1. The Morgan fingerprint density at radius 2 is 1.95 bits per heavy atom. The molecule has 0 bridgehead atoms. The van der Waals surface area contributed by atoms with E-state index in [1.807, 2.05) is 24.3 Å². The number of hydrogen-bond acceptors (Lipinski definition) is 4. The molecule has 0 aromatic heterocycles. The number of oxime groups is 1. The van der Waals surface area contributed by atoms with Gasteiger partial charge >= 0.3 is 0 Å². The summed E-state index contributed by atoms with van der Waals surface area (Å²) in [6, 6.07) is 13.5. The SMILES string of the molecule is CC(=NOc1cccc([N+](=O)[O-])c1)c1ccc(Br)cc1. The number of rotatable bonds is 4. The monoisotopic (exact) mass is 334 g/mol. The second-order valence-electron chi connectivity index (χ2n) is 4.03. The van der Waals surface area contributed by atoms with Crippen LogP contribution in [0.2, 0.25) is 0 Å². The zero-order valence-electron chi connectivity index (χ0n) is 10.6. The van der Waals surface area contributed by atoms with Crippen LogP contribution < -0.4 is 4.84 Å². The van der Waals surface area contributed by atoms with Crippen molar-refractivity contribution in [2.75, 3.05) is 0 Å². The molecule has 5 nitrogen and oxygen atoms in total. The Morgan fingerprint density at radius 3 is 2.60 bits per heavy atom. The molecule has 0 N–H and O–H groups in total. The molecular formula is C14H11BrN2O3. The fourth-order valence-corrected chi connectivity index (χ4v) is 1.78. The van der Waals surface area contributed by atoms with Crippen molar-refractivity contribution in [2.24, 2.45) is 5.16 Å². The second kappa shape index (κ2) is 6.29. The lowest BCUT2D eigenvalue weighted by Gasteiger charge is -2.02. The summed E-state index contributed by atoms with van der Waals surface area (Å²) in [5, 5.41) is 14.6. The predicted molar refractivity (Wildman–Crippen MR) is 80.1 cm³/mol. The minimum absolute atomic E-state index is 0.0287. The molecule has 0 radical (unpaired) electrons. The molecule has 0 atom stereocenters. The fraction of sp³-hybridized carbons (Fsp3) is 0.0714. The quantitative estimate of drug-likeness (QED) is 0.479. The third-order valence-electron chi connectivity index (χ3n) is 2.58. The van der Waals surface area contributed by atoms with Crippen molar-refractivity contribution in [3.8, 4) is 5.75 Å². The average Bonchev–Trinajstić information content (AvgIpc) is 2.46. The van der Waals surface area contributed by atoms with Gasteiger partial charge in [0.25, 0.3) is 5.69 Å². The normalized spacial score (nSPS) is 11.2. The van der Waals surface area contributed by atoms with Gasteiger partial charge in [-0.3, -0.25) is 10.1 Å². The van der Waals surface area contributed by atoms with Crippen molar-refractivity contribution >= 4 is 27.3 Å². The lowest BCUT2D eigenvalue weighted by molar-refractivity contribution is -0.384. The molecule has 102 valence electrons. The fourth-order valence-electron chi connectivity index (χ4n) is 1.52. The third kappa shape index (κ3) is 3.64. The van der Waals surface area contributed by atoms with E-state index < -0.39 is 4.92 Å². The van der Waals surface area contributed by atoms with Crippen LogP contribution in [0.25, 0.3) is 0 Å². The van der Waals surface area contributed by atoms with Crippen molar-refractivity contribution in [3.63, 3.8) is 0 Å². The number of hydrogen-bond donors (Lipinski definition) is 0. The van der Waals surface area contributed by atoms with Gasteiger partial charge in [0.1, 0.15) is 0 Å². The summed E-state index contributed by atoms with van der Waals surface area (Å²) >= 11 is 3.36. The number of benzene rings is 2. The average molecular weight is 335 g/mol. The summed E-state index contributed by atoms with van der Waals surface area (Å²) in [5.74, 6) is 0.329. The van der Waals surface area contributed by atoms with Crippen LogP contribution >= 0.6 is 15.9 Å². The highest BCUT2D eigenvalue weighted by molar-refractivity contribution is 9.10. The topological polar surface area (TPSA) is 64.7 Å². The van der Waals surface area contributed by atoms with Crippen LogP contribution in [-0.4, -0.2) is 10.6 Å². The van der Waals surface area contributed by atoms with E-state index in [1.165, 1.54) is 12.1 Å². The van der Waals surface area contributed by atoms with Gasteiger partial charge in [0.05, 0.1) is 16.7 Å². The molecule has 20 heavy (non-hydrogen) atoms. The van der Waals surface area contributed by atoms with Crippen LogP contribution in [0.1, 0.15) is 12.5 Å². The van der Waals surface area contributed by atoms with Gasteiger partial charge in [-0.25, -0.2) is 0 Å². The number of nitrogens with zero attached hydrogens (tertiary/aromatic N) is 2. The molecule has 0 aliphatic heterocycles. The Kier molecular flexibility index (Phi) is 4.47. The van der Waals surface area contributed by atoms with Gasteiger partial charge in [0.15, 0.2) is 5.75 Å². The Hall–Kier alpha value is -2.21. The molecule has 2 aromatic carbocycles. The molecule has 6 heteroatoms. The van der Waals surface area contributed by atoms with Crippen molar-refractivity contribution in [2.45, 2.75) is 6.92 Å². The first-order chi connectivity index (χ1) is 9.56. The zero-order chi connectivity index (χ0) is 14.5. The molecule has 0 fully saturated rings. The maximum absolute atomic E-state index is 10.7. The molecule has 2 rings (SSSR count). The Morgan fingerprint density at radius 1 is 1.25 bits per heavy atom. The molecule has 2 aromatic rings. The van der Waals surface area contributed by atoms with E-state index in [0.29, 0.717) is 11.5 Å². The van der Waals surface area contributed by atoms with Gasteiger partial charge in [0.2, 0.25) is 0 Å². The summed E-state index contributed by atoms with van der Waals surface area (Å²) in [6.45, 7) is 1.81. The highest BCUT2D eigenvalue weighted by Crippen LogP contribution is 2.19. The van der Waals surface area contributed by atoms with Crippen LogP contribution in [0.4, 0.5) is 5.69 Å². The molecule has 0 heterocycles. The van der Waals surface area contributed by atoms with E-state index in [9.17, 15) is 10.1 Å². The van der Waals surface area contributed by atoms with E-state index in [1.54, 1.807) is 19.1 Å². The maximum Gasteiger partial charge on any atom is 0.273 e. The van der Waals surface area contributed by atoms with Gasteiger partial charge in [-0.15, -0.1) is 0 Å². The lowest BCUT2D eigenvalue weighted by Crippen LogP contribution is -1.97. The minimum Gasteiger partial charge on any atom is -0.356 e. The second-order valence-corrected chi connectivity index (χ2v) is 4.95. The number of nitro groups is 1. The summed E-state index contributed by atoms with van der Waals surface area (Å²) in [5.41, 5.74) is 1.57. The van der Waals surface area contributed by atoms with Crippen molar-refractivity contribution in [1.29, 1.82) is 0 Å². The van der Waals surface area contributed by atoms with Gasteiger partial charge in [0, 0.05) is 10.5 Å². The van der Waals surface area contributed by atoms with E-state index in [0.717, 1.165) is 10.0 Å². The molecule has 0 saturated carbocycles. The first-order valence-electron chi connectivity index (χ1n) is 5.78. The Balaban J connectivity index is 2.14. The summed E-state index contributed by atoms with van der Waals surface area (Å²) < 4.78 is 0.980. The third-order valence-corrected chi connectivity index (χ3v) is 3.11. The van der Waals surface area contributed by atoms with E-state index >= 15 is 0 Å². The molecule has 0 saturated heterocycles. The van der Waals surface area contributed by atoms with Crippen LogP contribution in [0.5, 0.6) is 5.75 Å². The summed E-state index contributed by atoms with van der Waals surface area (Å²) in [4.78, 5) is 15.4. The zero-order valence-corrected chi connectivity index (χ0v) is 12.2. The Labute approximate surface area is 124 Å². The summed E-state index contributed by atoms with van der Waals surface area (Å²) in [6.07, 6.45) is 0. The van der Waals surface area contributed by atoms with Gasteiger partial charge in [-0.1, -0.05) is 39.3 Å². The lowest BCUT2D eigenvalue weighted by atomic mass is 10.1. The van der Waals surface area contributed by atoms with Crippen LogP contribution in [0.3, 0.4) is 0 Å².